The standard InChI is InChI=1S/C23H28O3/c1-16(14-18-8-6-17(7-9-18)10-13-22(24)25)19-11-12-21(26-5)20(15-19)23(2,3)4/h6-9,11-12,14-15H,10,13H2,1-5H3,(H,24,25)/p-1/b16-14+. The van der Waals surface area contributed by atoms with Crippen LogP contribution in [0, 0.1) is 0 Å². The van der Waals surface area contributed by atoms with Crippen molar-refractivity contribution in [2.45, 2.75) is 46.0 Å². The number of aryl methyl sites for hydroxylation is 1. The highest BCUT2D eigenvalue weighted by molar-refractivity contribution is 5.80. The first-order chi connectivity index (χ1) is 12.2. The Labute approximate surface area is 156 Å². The first kappa shape index (κ1) is 19.8. The molecule has 0 bridgehead atoms. The molecule has 0 N–H and O–H groups in total. The second kappa shape index (κ2) is 8.22. The van der Waals surface area contributed by atoms with Crippen LogP contribution in [0.2, 0.25) is 0 Å². The minimum absolute atomic E-state index is 0.00226. The maximum atomic E-state index is 10.6. The van der Waals surface area contributed by atoms with Crippen LogP contribution in [-0.4, -0.2) is 13.1 Å². The summed E-state index contributed by atoms with van der Waals surface area (Å²) in [5.41, 5.74) is 5.61. The molecule has 0 unspecified atom stereocenters. The molecule has 0 aromatic heterocycles. The van der Waals surface area contributed by atoms with Crippen molar-refractivity contribution in [1.29, 1.82) is 0 Å². The first-order valence-electron chi connectivity index (χ1n) is 8.86. The number of carbonyl (C=O) groups is 1. The van der Waals surface area contributed by atoms with Gasteiger partial charge in [-0.25, -0.2) is 0 Å². The summed E-state index contributed by atoms with van der Waals surface area (Å²) in [6.07, 6.45) is 2.69. The molecule has 26 heavy (non-hydrogen) atoms. The lowest BCUT2D eigenvalue weighted by atomic mass is 9.84. The fourth-order valence-corrected chi connectivity index (χ4v) is 2.90. The van der Waals surface area contributed by atoms with Gasteiger partial charge >= 0.3 is 0 Å². The predicted octanol–water partition coefficient (Wildman–Crippen LogP) is 4.24. The van der Waals surface area contributed by atoms with Crippen LogP contribution in [0.4, 0.5) is 0 Å². The summed E-state index contributed by atoms with van der Waals surface area (Å²) < 4.78 is 5.51. The topological polar surface area (TPSA) is 49.4 Å². The summed E-state index contributed by atoms with van der Waals surface area (Å²) in [5, 5.41) is 10.6. The van der Waals surface area contributed by atoms with Crippen molar-refractivity contribution in [1.82, 2.24) is 0 Å². The van der Waals surface area contributed by atoms with Gasteiger partial charge in [-0.15, -0.1) is 0 Å². The fourth-order valence-electron chi connectivity index (χ4n) is 2.90. The smallest absolute Gasteiger partial charge is 0.122 e. The van der Waals surface area contributed by atoms with E-state index >= 15 is 0 Å². The van der Waals surface area contributed by atoms with Gasteiger partial charge in [0.15, 0.2) is 0 Å². The number of carboxylic acid groups (broad SMARTS) is 1. The van der Waals surface area contributed by atoms with E-state index in [4.69, 9.17) is 4.74 Å². The van der Waals surface area contributed by atoms with E-state index in [1.165, 1.54) is 11.1 Å². The van der Waals surface area contributed by atoms with Gasteiger partial charge in [-0.05, 0) is 59.6 Å². The van der Waals surface area contributed by atoms with Crippen LogP contribution >= 0.6 is 0 Å². The van der Waals surface area contributed by atoms with Gasteiger partial charge in [0.25, 0.3) is 0 Å². The Balaban J connectivity index is 2.25. The predicted molar refractivity (Wildman–Crippen MR) is 105 cm³/mol. The van der Waals surface area contributed by atoms with Crippen LogP contribution in [0.15, 0.2) is 42.5 Å². The van der Waals surface area contributed by atoms with E-state index in [1.807, 2.05) is 30.3 Å². The van der Waals surface area contributed by atoms with Crippen LogP contribution in [0.25, 0.3) is 11.6 Å². The average molecular weight is 351 g/mol. The molecule has 2 rings (SSSR count). The zero-order valence-corrected chi connectivity index (χ0v) is 16.3. The first-order valence-corrected chi connectivity index (χ1v) is 8.86. The average Bonchev–Trinajstić information content (AvgIpc) is 2.59. The van der Waals surface area contributed by atoms with Crippen LogP contribution in [0.5, 0.6) is 5.75 Å². The molecule has 3 heteroatoms. The Morgan fingerprint density at radius 2 is 1.77 bits per heavy atom. The molecule has 0 fully saturated rings. The van der Waals surface area contributed by atoms with Crippen molar-refractivity contribution in [3.8, 4) is 5.75 Å². The molecule has 0 aliphatic heterocycles. The van der Waals surface area contributed by atoms with Crippen molar-refractivity contribution in [2.24, 2.45) is 0 Å². The van der Waals surface area contributed by atoms with Crippen molar-refractivity contribution in [3.05, 3.63) is 64.7 Å². The number of aliphatic carboxylic acids is 1. The number of hydrogen-bond acceptors (Lipinski definition) is 3. The van der Waals surface area contributed by atoms with E-state index in [0.717, 1.165) is 22.4 Å². The molecule has 2 aromatic rings. The Bertz CT molecular complexity index is 793. The molecule has 0 aliphatic carbocycles. The largest absolute Gasteiger partial charge is 0.550 e. The molecule has 0 radical (unpaired) electrons. The number of benzene rings is 2. The molecule has 0 aliphatic rings. The zero-order chi connectivity index (χ0) is 19.3. The van der Waals surface area contributed by atoms with Gasteiger partial charge in [-0.1, -0.05) is 57.2 Å². The third-order valence-electron chi connectivity index (χ3n) is 4.44. The maximum absolute atomic E-state index is 10.6. The summed E-state index contributed by atoms with van der Waals surface area (Å²) >= 11 is 0. The highest BCUT2D eigenvalue weighted by atomic mass is 16.5. The van der Waals surface area contributed by atoms with E-state index in [1.54, 1.807) is 7.11 Å². The molecule has 0 saturated heterocycles. The van der Waals surface area contributed by atoms with Gasteiger partial charge in [-0.3, -0.25) is 0 Å². The summed E-state index contributed by atoms with van der Waals surface area (Å²) in [4.78, 5) is 10.6. The van der Waals surface area contributed by atoms with Crippen LogP contribution in [0.1, 0.15) is 56.4 Å². The van der Waals surface area contributed by atoms with Crippen molar-refractivity contribution in [2.75, 3.05) is 7.11 Å². The number of hydrogen-bond donors (Lipinski definition) is 0. The van der Waals surface area contributed by atoms with E-state index in [9.17, 15) is 9.90 Å². The number of allylic oxidation sites excluding steroid dienone is 1. The lowest BCUT2D eigenvalue weighted by molar-refractivity contribution is -0.305. The van der Waals surface area contributed by atoms with Crippen LogP contribution < -0.4 is 9.84 Å². The van der Waals surface area contributed by atoms with E-state index in [-0.39, 0.29) is 11.8 Å². The molecular formula is C23H27O3-. The molecule has 3 nitrogen and oxygen atoms in total. The van der Waals surface area contributed by atoms with Crippen molar-refractivity contribution in [3.63, 3.8) is 0 Å². The van der Waals surface area contributed by atoms with Gasteiger partial charge in [0.05, 0.1) is 7.11 Å². The molecule has 0 atom stereocenters. The lowest BCUT2D eigenvalue weighted by Crippen LogP contribution is -2.22. The normalized spacial score (nSPS) is 12.1. The number of rotatable bonds is 6. The minimum Gasteiger partial charge on any atom is -0.550 e. The maximum Gasteiger partial charge on any atom is 0.122 e. The molecule has 0 amide bonds. The van der Waals surface area contributed by atoms with Gasteiger partial charge in [0.1, 0.15) is 5.75 Å². The minimum atomic E-state index is -1.01. The van der Waals surface area contributed by atoms with E-state index < -0.39 is 5.97 Å². The fraction of sp³-hybridized carbons (Fsp3) is 0.348. The SMILES string of the molecule is COc1ccc(/C(C)=C/c2ccc(CCC(=O)[O-])cc2)cc1C(C)(C)C. The van der Waals surface area contributed by atoms with Crippen LogP contribution in [-0.2, 0) is 16.6 Å². The highest BCUT2D eigenvalue weighted by Crippen LogP contribution is 2.34. The number of carboxylic acids is 1. The monoisotopic (exact) mass is 351 g/mol. The summed E-state index contributed by atoms with van der Waals surface area (Å²) in [7, 11) is 1.70. The molecular weight excluding hydrogens is 324 g/mol. The van der Waals surface area contributed by atoms with Gasteiger partial charge < -0.3 is 14.6 Å². The Morgan fingerprint density at radius 3 is 2.31 bits per heavy atom. The van der Waals surface area contributed by atoms with Gasteiger partial charge in [-0.2, -0.15) is 0 Å². The summed E-state index contributed by atoms with van der Waals surface area (Å²) in [5.74, 6) is -0.106. The number of ether oxygens (including phenoxy) is 1. The van der Waals surface area contributed by atoms with Crippen LogP contribution in [0.3, 0.4) is 0 Å². The summed E-state index contributed by atoms with van der Waals surface area (Å²) in [6, 6.07) is 14.3. The molecule has 2 aromatic carbocycles. The molecule has 138 valence electrons. The zero-order valence-electron chi connectivity index (χ0n) is 16.3. The van der Waals surface area contributed by atoms with Crippen molar-refractivity contribution >= 4 is 17.6 Å². The van der Waals surface area contributed by atoms with Gasteiger partial charge in [0, 0.05) is 11.5 Å². The highest BCUT2D eigenvalue weighted by Gasteiger charge is 2.19. The van der Waals surface area contributed by atoms with Gasteiger partial charge in [0.2, 0.25) is 0 Å². The quantitative estimate of drug-likeness (QED) is 0.732. The van der Waals surface area contributed by atoms with E-state index in [2.05, 4.69) is 45.9 Å². The lowest BCUT2D eigenvalue weighted by Gasteiger charge is -2.23. The Hall–Kier alpha value is -2.55. The molecule has 0 saturated carbocycles. The molecule has 0 heterocycles. The number of methoxy groups -OCH3 is 1. The second-order valence-corrected chi connectivity index (χ2v) is 7.61. The second-order valence-electron chi connectivity index (χ2n) is 7.61. The molecule has 0 spiro atoms. The third-order valence-corrected chi connectivity index (χ3v) is 4.44. The Morgan fingerprint density at radius 1 is 1.12 bits per heavy atom. The van der Waals surface area contributed by atoms with E-state index in [0.29, 0.717) is 6.42 Å². The Kier molecular flexibility index (Phi) is 6.25. The van der Waals surface area contributed by atoms with Crippen molar-refractivity contribution < 1.29 is 14.6 Å². The summed E-state index contributed by atoms with van der Waals surface area (Å²) in [6.45, 7) is 8.63. The third kappa shape index (κ3) is 5.22. The number of carbonyl (C=O) groups excluding carboxylic acids is 1.